The molecule has 2 nitrogen and oxygen atoms in total. The minimum Gasteiger partial charge on any atom is -0.373 e. The van der Waals surface area contributed by atoms with Gasteiger partial charge in [0.05, 0.1) is 12.7 Å². The molecule has 0 spiro atoms. The van der Waals surface area contributed by atoms with Crippen molar-refractivity contribution in [1.29, 1.82) is 0 Å². The number of rotatable bonds is 2. The lowest BCUT2D eigenvalue weighted by Crippen LogP contribution is -2.32. The van der Waals surface area contributed by atoms with Crippen molar-refractivity contribution in [2.24, 2.45) is 0 Å². The summed E-state index contributed by atoms with van der Waals surface area (Å²) in [6, 6.07) is 6.97. The molecular formula is C15H21NOS. The lowest BCUT2D eigenvalue weighted by molar-refractivity contribution is 0.0399. The Bertz CT molecular complexity index is 415. The first kappa shape index (κ1) is 12.4. The van der Waals surface area contributed by atoms with E-state index in [0.717, 1.165) is 19.4 Å². The molecule has 0 aromatic heterocycles. The second-order valence-corrected chi connectivity index (χ2v) is 6.22. The molecule has 98 valence electrons. The van der Waals surface area contributed by atoms with E-state index in [1.807, 2.05) is 0 Å². The molecule has 3 rings (SSSR count). The minimum absolute atomic E-state index is 0.319. The summed E-state index contributed by atoms with van der Waals surface area (Å²) in [4.78, 5) is 2.52. The van der Waals surface area contributed by atoms with Crippen LogP contribution >= 0.6 is 11.8 Å². The molecule has 1 fully saturated rings. The molecule has 2 heterocycles. The summed E-state index contributed by atoms with van der Waals surface area (Å²) in [5.74, 6) is 2.52. The fourth-order valence-corrected chi connectivity index (χ4v) is 3.78. The zero-order valence-corrected chi connectivity index (χ0v) is 11.8. The molecule has 3 heteroatoms. The second-order valence-electron chi connectivity index (χ2n) is 5.00. The molecule has 0 bridgehead atoms. The highest BCUT2D eigenvalue weighted by molar-refractivity contribution is 7.99. The van der Waals surface area contributed by atoms with Crippen LogP contribution in [0.3, 0.4) is 0 Å². The SMILES string of the molecule is CC[C@@H]1OCCc2cc(N3CCSCC3)ccc21. The molecule has 1 aromatic rings. The van der Waals surface area contributed by atoms with Crippen LogP contribution in [-0.2, 0) is 11.2 Å². The van der Waals surface area contributed by atoms with Crippen LogP contribution in [0.1, 0.15) is 30.6 Å². The maximum atomic E-state index is 5.82. The Morgan fingerprint density at radius 2 is 2.17 bits per heavy atom. The third-order valence-electron chi connectivity index (χ3n) is 3.91. The van der Waals surface area contributed by atoms with Gasteiger partial charge in [-0.3, -0.25) is 0 Å². The zero-order valence-electron chi connectivity index (χ0n) is 11.0. The van der Waals surface area contributed by atoms with Gasteiger partial charge in [0.2, 0.25) is 0 Å². The smallest absolute Gasteiger partial charge is 0.0825 e. The van der Waals surface area contributed by atoms with E-state index in [9.17, 15) is 0 Å². The first-order valence-electron chi connectivity index (χ1n) is 6.95. The van der Waals surface area contributed by atoms with Crippen LogP contribution in [0, 0.1) is 0 Å². The Morgan fingerprint density at radius 3 is 2.94 bits per heavy atom. The van der Waals surface area contributed by atoms with Crippen LogP contribution in [0.4, 0.5) is 5.69 Å². The van der Waals surface area contributed by atoms with Crippen LogP contribution in [0.5, 0.6) is 0 Å². The molecular weight excluding hydrogens is 242 g/mol. The summed E-state index contributed by atoms with van der Waals surface area (Å²) >= 11 is 2.06. The number of hydrogen-bond donors (Lipinski definition) is 0. The Morgan fingerprint density at radius 1 is 1.33 bits per heavy atom. The van der Waals surface area contributed by atoms with E-state index in [-0.39, 0.29) is 0 Å². The van der Waals surface area contributed by atoms with E-state index in [1.54, 1.807) is 0 Å². The van der Waals surface area contributed by atoms with Crippen LogP contribution in [0.25, 0.3) is 0 Å². The van der Waals surface area contributed by atoms with E-state index in [2.05, 4.69) is 41.8 Å². The number of nitrogens with zero attached hydrogens (tertiary/aromatic N) is 1. The zero-order chi connectivity index (χ0) is 12.4. The van der Waals surface area contributed by atoms with Gasteiger partial charge in [0.15, 0.2) is 0 Å². The number of thioether (sulfide) groups is 1. The first-order valence-corrected chi connectivity index (χ1v) is 8.11. The molecule has 2 aliphatic heterocycles. The van der Waals surface area contributed by atoms with Gasteiger partial charge in [-0.25, -0.2) is 0 Å². The molecule has 1 aromatic carbocycles. The Balaban J connectivity index is 1.85. The largest absolute Gasteiger partial charge is 0.373 e. The standard InChI is InChI=1S/C15H21NOS/c1-2-15-14-4-3-13(11-12(14)5-8-17-15)16-6-9-18-10-7-16/h3-4,11,15H,2,5-10H2,1H3/t15-/m0/s1. The summed E-state index contributed by atoms with van der Waals surface area (Å²) in [6.45, 7) is 5.47. The van der Waals surface area contributed by atoms with Crippen molar-refractivity contribution >= 4 is 17.4 Å². The van der Waals surface area contributed by atoms with Crippen molar-refractivity contribution in [3.05, 3.63) is 29.3 Å². The summed E-state index contributed by atoms with van der Waals surface area (Å²) in [6.07, 6.45) is 2.47. The van der Waals surface area contributed by atoms with Crippen LogP contribution < -0.4 is 4.90 Å². The third kappa shape index (κ3) is 2.39. The maximum Gasteiger partial charge on any atom is 0.0825 e. The Hall–Kier alpha value is -0.670. The van der Waals surface area contributed by atoms with Gasteiger partial charge >= 0.3 is 0 Å². The normalized spacial score (nSPS) is 23.8. The molecule has 0 N–H and O–H groups in total. The highest BCUT2D eigenvalue weighted by Gasteiger charge is 2.20. The van der Waals surface area contributed by atoms with E-state index in [0.29, 0.717) is 6.10 Å². The number of ether oxygens (including phenoxy) is 1. The van der Waals surface area contributed by atoms with Gasteiger partial charge < -0.3 is 9.64 Å². The Kier molecular flexibility index (Phi) is 3.80. The molecule has 18 heavy (non-hydrogen) atoms. The quantitative estimate of drug-likeness (QED) is 0.812. The number of hydrogen-bond acceptors (Lipinski definition) is 3. The topological polar surface area (TPSA) is 12.5 Å². The van der Waals surface area contributed by atoms with Crippen molar-refractivity contribution in [3.8, 4) is 0 Å². The van der Waals surface area contributed by atoms with E-state index in [4.69, 9.17) is 4.74 Å². The van der Waals surface area contributed by atoms with Crippen LogP contribution in [-0.4, -0.2) is 31.2 Å². The van der Waals surface area contributed by atoms with Gasteiger partial charge in [-0.15, -0.1) is 0 Å². The van der Waals surface area contributed by atoms with E-state index in [1.165, 1.54) is 41.4 Å². The lowest BCUT2D eigenvalue weighted by atomic mass is 9.95. The third-order valence-corrected chi connectivity index (χ3v) is 4.85. The predicted octanol–water partition coefficient (Wildman–Crippen LogP) is 3.26. The lowest BCUT2D eigenvalue weighted by Gasteiger charge is -2.31. The van der Waals surface area contributed by atoms with E-state index >= 15 is 0 Å². The fraction of sp³-hybridized carbons (Fsp3) is 0.600. The number of fused-ring (bicyclic) bond motifs is 1. The number of benzene rings is 1. The molecule has 0 unspecified atom stereocenters. The van der Waals surface area contributed by atoms with Crippen molar-refractivity contribution in [3.63, 3.8) is 0 Å². The van der Waals surface area contributed by atoms with Crippen LogP contribution in [0.15, 0.2) is 18.2 Å². The molecule has 0 aliphatic carbocycles. The predicted molar refractivity (Wildman–Crippen MR) is 78.7 cm³/mol. The average molecular weight is 263 g/mol. The molecule has 0 amide bonds. The van der Waals surface area contributed by atoms with Gasteiger partial charge in [0, 0.05) is 30.3 Å². The van der Waals surface area contributed by atoms with Crippen molar-refractivity contribution < 1.29 is 4.74 Å². The monoisotopic (exact) mass is 263 g/mol. The molecule has 0 radical (unpaired) electrons. The molecule has 1 atom stereocenters. The summed E-state index contributed by atoms with van der Waals surface area (Å²) in [5, 5.41) is 0. The van der Waals surface area contributed by atoms with Gasteiger partial charge in [-0.1, -0.05) is 13.0 Å². The van der Waals surface area contributed by atoms with E-state index < -0.39 is 0 Å². The van der Waals surface area contributed by atoms with Gasteiger partial charge in [0.1, 0.15) is 0 Å². The average Bonchev–Trinajstić information content (AvgIpc) is 2.47. The second kappa shape index (κ2) is 5.54. The Labute approximate surface area is 114 Å². The number of anilines is 1. The van der Waals surface area contributed by atoms with Gasteiger partial charge in [-0.2, -0.15) is 11.8 Å². The van der Waals surface area contributed by atoms with Crippen molar-refractivity contribution in [2.45, 2.75) is 25.9 Å². The van der Waals surface area contributed by atoms with Gasteiger partial charge in [0.25, 0.3) is 0 Å². The molecule has 1 saturated heterocycles. The summed E-state index contributed by atoms with van der Waals surface area (Å²) in [7, 11) is 0. The highest BCUT2D eigenvalue weighted by Crippen LogP contribution is 2.32. The van der Waals surface area contributed by atoms with Crippen LogP contribution in [0.2, 0.25) is 0 Å². The van der Waals surface area contributed by atoms with Crippen molar-refractivity contribution in [1.82, 2.24) is 0 Å². The molecule has 0 saturated carbocycles. The summed E-state index contributed by atoms with van der Waals surface area (Å²) in [5.41, 5.74) is 4.33. The minimum atomic E-state index is 0.319. The first-order chi connectivity index (χ1) is 8.88. The summed E-state index contributed by atoms with van der Waals surface area (Å²) < 4.78 is 5.82. The fourth-order valence-electron chi connectivity index (χ4n) is 2.88. The highest BCUT2D eigenvalue weighted by atomic mass is 32.2. The van der Waals surface area contributed by atoms with Crippen molar-refractivity contribution in [2.75, 3.05) is 36.1 Å². The maximum absolute atomic E-state index is 5.82. The van der Waals surface area contributed by atoms with Gasteiger partial charge in [-0.05, 0) is 36.1 Å². The molecule has 2 aliphatic rings.